The Balaban J connectivity index is 1.90. The summed E-state index contributed by atoms with van der Waals surface area (Å²) in [5.41, 5.74) is 2.46. The van der Waals surface area contributed by atoms with Gasteiger partial charge in [-0.05, 0) is 17.2 Å². The normalized spacial score (nSPS) is 10.7. The SMILES string of the molecule is Fc1cccc(CNCc2ccc(CCl)cc2)c1F. The largest absolute Gasteiger partial charge is 0.309 e. The summed E-state index contributed by atoms with van der Waals surface area (Å²) < 4.78 is 26.4. The fourth-order valence-electron chi connectivity index (χ4n) is 1.77. The van der Waals surface area contributed by atoms with Gasteiger partial charge in [-0.2, -0.15) is 0 Å². The van der Waals surface area contributed by atoms with E-state index in [1.165, 1.54) is 6.07 Å². The first-order valence-electron chi connectivity index (χ1n) is 5.98. The van der Waals surface area contributed by atoms with E-state index in [0.29, 0.717) is 24.5 Å². The van der Waals surface area contributed by atoms with E-state index in [1.54, 1.807) is 6.07 Å². The minimum atomic E-state index is -0.814. The predicted octanol–water partition coefficient (Wildman–Crippen LogP) is 3.99. The van der Waals surface area contributed by atoms with Crippen LogP contribution in [0.15, 0.2) is 42.5 Å². The fraction of sp³-hybridized carbons (Fsp3) is 0.200. The second-order valence-electron chi connectivity index (χ2n) is 4.27. The first-order chi connectivity index (χ1) is 9.20. The maximum absolute atomic E-state index is 13.4. The highest BCUT2D eigenvalue weighted by molar-refractivity contribution is 6.17. The van der Waals surface area contributed by atoms with Gasteiger partial charge in [0.1, 0.15) is 0 Å². The van der Waals surface area contributed by atoms with Gasteiger partial charge in [-0.15, -0.1) is 11.6 Å². The Morgan fingerprint density at radius 3 is 2.26 bits per heavy atom. The van der Waals surface area contributed by atoms with Gasteiger partial charge < -0.3 is 5.32 Å². The summed E-state index contributed by atoms with van der Waals surface area (Å²) in [5, 5.41) is 3.08. The lowest BCUT2D eigenvalue weighted by Crippen LogP contribution is -2.14. The van der Waals surface area contributed by atoms with Gasteiger partial charge in [0.15, 0.2) is 11.6 Å². The minimum absolute atomic E-state index is 0.293. The zero-order valence-corrected chi connectivity index (χ0v) is 11.1. The van der Waals surface area contributed by atoms with Crippen molar-refractivity contribution in [3.63, 3.8) is 0 Å². The molecule has 1 nitrogen and oxygen atoms in total. The lowest BCUT2D eigenvalue weighted by molar-refractivity contribution is 0.492. The number of halogens is 3. The second-order valence-corrected chi connectivity index (χ2v) is 4.53. The number of nitrogens with one attached hydrogen (secondary N) is 1. The van der Waals surface area contributed by atoms with Gasteiger partial charge in [-0.25, -0.2) is 8.78 Å². The second kappa shape index (κ2) is 6.64. The molecule has 0 amide bonds. The number of benzene rings is 2. The molecule has 0 aliphatic carbocycles. The summed E-state index contributed by atoms with van der Waals surface area (Å²) in [6, 6.07) is 12.0. The van der Waals surface area contributed by atoms with Crippen LogP contribution in [-0.4, -0.2) is 0 Å². The van der Waals surface area contributed by atoms with Crippen LogP contribution >= 0.6 is 11.6 Å². The third-order valence-corrected chi connectivity index (χ3v) is 3.16. The van der Waals surface area contributed by atoms with Crippen LogP contribution in [0.4, 0.5) is 8.78 Å². The average Bonchev–Trinajstić information content (AvgIpc) is 2.44. The van der Waals surface area contributed by atoms with Gasteiger partial charge in [0.25, 0.3) is 0 Å². The van der Waals surface area contributed by atoms with E-state index in [-0.39, 0.29) is 0 Å². The highest BCUT2D eigenvalue weighted by Gasteiger charge is 2.06. The smallest absolute Gasteiger partial charge is 0.163 e. The van der Waals surface area contributed by atoms with Crippen molar-refractivity contribution in [2.45, 2.75) is 19.0 Å². The molecule has 0 fully saturated rings. The molecule has 4 heteroatoms. The molecule has 2 aromatic carbocycles. The average molecular weight is 282 g/mol. The van der Waals surface area contributed by atoms with Crippen molar-refractivity contribution in [1.29, 1.82) is 0 Å². The molecular formula is C15H14ClF2N. The first kappa shape index (κ1) is 14.0. The summed E-state index contributed by atoms with van der Waals surface area (Å²) in [6.45, 7) is 0.888. The predicted molar refractivity (Wildman–Crippen MR) is 72.9 cm³/mol. The van der Waals surface area contributed by atoms with Crippen LogP contribution in [0, 0.1) is 11.6 Å². The molecule has 2 rings (SSSR count). The molecule has 0 radical (unpaired) electrons. The quantitative estimate of drug-likeness (QED) is 0.817. The van der Waals surface area contributed by atoms with Crippen molar-refractivity contribution in [3.05, 3.63) is 70.8 Å². The first-order valence-corrected chi connectivity index (χ1v) is 6.51. The molecule has 0 aliphatic rings. The topological polar surface area (TPSA) is 12.0 Å². The minimum Gasteiger partial charge on any atom is -0.309 e. The van der Waals surface area contributed by atoms with Crippen LogP contribution in [0.3, 0.4) is 0 Å². The molecule has 2 aromatic rings. The standard InChI is InChI=1S/C15H14ClF2N/c16-8-11-4-6-12(7-5-11)9-19-10-13-2-1-3-14(17)15(13)18/h1-7,19H,8-10H2. The molecule has 1 N–H and O–H groups in total. The third kappa shape index (κ3) is 3.75. The summed E-state index contributed by atoms with van der Waals surface area (Å²) >= 11 is 5.70. The molecule has 0 bridgehead atoms. The van der Waals surface area contributed by atoms with Gasteiger partial charge in [-0.3, -0.25) is 0 Å². The Labute approximate surface area is 116 Å². The van der Waals surface area contributed by atoms with E-state index < -0.39 is 11.6 Å². The van der Waals surface area contributed by atoms with Crippen molar-refractivity contribution in [1.82, 2.24) is 5.32 Å². The van der Waals surface area contributed by atoms with E-state index in [9.17, 15) is 8.78 Å². The Kier molecular flexibility index (Phi) is 4.88. The van der Waals surface area contributed by atoms with Crippen molar-refractivity contribution < 1.29 is 8.78 Å². The molecule has 0 atom stereocenters. The summed E-state index contributed by atoms with van der Waals surface area (Å²) in [6.07, 6.45) is 0. The molecule has 0 spiro atoms. The number of hydrogen-bond acceptors (Lipinski definition) is 1. The molecule has 100 valence electrons. The van der Waals surface area contributed by atoms with Crippen LogP contribution in [0.2, 0.25) is 0 Å². The molecule has 0 heterocycles. The zero-order chi connectivity index (χ0) is 13.7. The molecule has 0 saturated heterocycles. The maximum Gasteiger partial charge on any atom is 0.163 e. The Morgan fingerprint density at radius 1 is 0.895 bits per heavy atom. The highest BCUT2D eigenvalue weighted by atomic mass is 35.5. The molecule has 19 heavy (non-hydrogen) atoms. The van der Waals surface area contributed by atoms with E-state index in [4.69, 9.17) is 11.6 Å². The van der Waals surface area contributed by atoms with Crippen molar-refractivity contribution in [2.24, 2.45) is 0 Å². The van der Waals surface area contributed by atoms with Crippen molar-refractivity contribution in [3.8, 4) is 0 Å². The van der Waals surface area contributed by atoms with Crippen LogP contribution in [0.1, 0.15) is 16.7 Å². The van der Waals surface area contributed by atoms with E-state index >= 15 is 0 Å². The number of hydrogen-bond donors (Lipinski definition) is 1. The number of rotatable bonds is 5. The van der Waals surface area contributed by atoms with Crippen LogP contribution < -0.4 is 5.32 Å². The van der Waals surface area contributed by atoms with Gasteiger partial charge in [0, 0.05) is 24.5 Å². The summed E-state index contributed by atoms with van der Waals surface area (Å²) in [7, 11) is 0. The third-order valence-electron chi connectivity index (χ3n) is 2.85. The molecule has 0 aliphatic heterocycles. The van der Waals surface area contributed by atoms with Crippen LogP contribution in [-0.2, 0) is 19.0 Å². The Morgan fingerprint density at radius 2 is 1.58 bits per heavy atom. The maximum atomic E-state index is 13.4. The van der Waals surface area contributed by atoms with Gasteiger partial charge in [-0.1, -0.05) is 36.4 Å². The van der Waals surface area contributed by atoms with Crippen LogP contribution in [0.5, 0.6) is 0 Å². The molecular weight excluding hydrogens is 268 g/mol. The summed E-state index contributed by atoms with van der Waals surface area (Å²) in [5.74, 6) is -1.11. The molecule has 0 unspecified atom stereocenters. The lowest BCUT2D eigenvalue weighted by atomic mass is 10.1. The Hall–Kier alpha value is -1.45. The van der Waals surface area contributed by atoms with Crippen molar-refractivity contribution >= 4 is 11.6 Å². The van der Waals surface area contributed by atoms with Gasteiger partial charge in [0.2, 0.25) is 0 Å². The highest BCUT2D eigenvalue weighted by Crippen LogP contribution is 2.11. The van der Waals surface area contributed by atoms with Gasteiger partial charge >= 0.3 is 0 Å². The lowest BCUT2D eigenvalue weighted by Gasteiger charge is -2.07. The van der Waals surface area contributed by atoms with Crippen molar-refractivity contribution in [2.75, 3.05) is 0 Å². The molecule has 0 aromatic heterocycles. The number of alkyl halides is 1. The van der Waals surface area contributed by atoms with Crippen LogP contribution in [0.25, 0.3) is 0 Å². The van der Waals surface area contributed by atoms with E-state index in [1.807, 2.05) is 24.3 Å². The monoisotopic (exact) mass is 281 g/mol. The Bertz CT molecular complexity index is 540. The zero-order valence-electron chi connectivity index (χ0n) is 10.3. The summed E-state index contributed by atoms with van der Waals surface area (Å²) in [4.78, 5) is 0. The van der Waals surface area contributed by atoms with E-state index in [2.05, 4.69) is 5.32 Å². The van der Waals surface area contributed by atoms with E-state index in [0.717, 1.165) is 17.2 Å². The fourth-order valence-corrected chi connectivity index (χ4v) is 1.95. The molecule has 0 saturated carbocycles. The van der Waals surface area contributed by atoms with Gasteiger partial charge in [0.05, 0.1) is 0 Å².